The minimum absolute atomic E-state index is 0.0507. The van der Waals surface area contributed by atoms with Crippen LogP contribution >= 0.6 is 0 Å². The number of aryl methyl sites for hydroxylation is 1. The Morgan fingerprint density at radius 1 is 1.16 bits per heavy atom. The maximum absolute atomic E-state index is 14.9. The summed E-state index contributed by atoms with van der Waals surface area (Å²) in [5.41, 5.74) is 2.47. The molecular weight excluding hydrogens is 597 g/mol. The van der Waals surface area contributed by atoms with Crippen LogP contribution in [0.4, 0.5) is 21.7 Å². The summed E-state index contributed by atoms with van der Waals surface area (Å²) in [6, 6.07) is 8.99. The zero-order chi connectivity index (χ0) is 30.7. The van der Waals surface area contributed by atoms with Crippen molar-refractivity contribution < 1.29 is 26.0 Å². The first-order chi connectivity index (χ1) is 20.3. The number of anilines is 3. The van der Waals surface area contributed by atoms with Crippen LogP contribution in [0.3, 0.4) is 0 Å². The lowest BCUT2D eigenvalue weighted by Crippen LogP contribution is -2.71. The second kappa shape index (κ2) is 10.3. The van der Waals surface area contributed by atoms with E-state index in [-0.39, 0.29) is 34.5 Å². The average Bonchev–Trinajstić information content (AvgIpc) is 3.33. The van der Waals surface area contributed by atoms with Crippen LogP contribution in [0.5, 0.6) is 0 Å². The molecular formula is C28H30FN7O5S2. The first-order valence-corrected chi connectivity index (χ1v) is 17.3. The van der Waals surface area contributed by atoms with Gasteiger partial charge in [-0.2, -0.15) is 5.10 Å². The molecule has 0 unspecified atom stereocenters. The molecule has 0 bridgehead atoms. The van der Waals surface area contributed by atoms with E-state index < -0.39 is 36.4 Å². The zero-order valence-electron chi connectivity index (χ0n) is 23.7. The van der Waals surface area contributed by atoms with E-state index in [1.54, 1.807) is 25.3 Å². The van der Waals surface area contributed by atoms with Crippen LogP contribution in [-0.4, -0.2) is 84.7 Å². The number of rotatable bonds is 8. The van der Waals surface area contributed by atoms with Crippen molar-refractivity contribution in [2.24, 2.45) is 5.41 Å². The Kier molecular flexibility index (Phi) is 7.01. The van der Waals surface area contributed by atoms with Crippen molar-refractivity contribution in [3.05, 3.63) is 54.0 Å². The van der Waals surface area contributed by atoms with E-state index in [1.165, 1.54) is 18.2 Å². The van der Waals surface area contributed by atoms with Gasteiger partial charge in [0.05, 0.1) is 40.3 Å². The number of H-pyrrole nitrogens is 1. The number of halogens is 1. The van der Waals surface area contributed by atoms with Gasteiger partial charge < -0.3 is 10.6 Å². The lowest BCUT2D eigenvalue weighted by Gasteiger charge is -2.56. The molecule has 12 nitrogen and oxygen atoms in total. The predicted molar refractivity (Wildman–Crippen MR) is 160 cm³/mol. The van der Waals surface area contributed by atoms with Gasteiger partial charge >= 0.3 is 0 Å². The summed E-state index contributed by atoms with van der Waals surface area (Å²) in [4.78, 5) is 23.7. The molecule has 2 aliphatic heterocycles. The van der Waals surface area contributed by atoms with Crippen LogP contribution in [-0.2, 0) is 24.5 Å². The van der Waals surface area contributed by atoms with E-state index in [0.717, 1.165) is 6.26 Å². The fourth-order valence-corrected chi connectivity index (χ4v) is 8.93. The molecule has 2 aromatic carbocycles. The van der Waals surface area contributed by atoms with Gasteiger partial charge in [-0.05, 0) is 37.1 Å². The van der Waals surface area contributed by atoms with Gasteiger partial charge in [-0.15, -0.1) is 0 Å². The Morgan fingerprint density at radius 2 is 1.86 bits per heavy atom. The van der Waals surface area contributed by atoms with E-state index in [9.17, 15) is 26.0 Å². The van der Waals surface area contributed by atoms with Crippen LogP contribution in [0.2, 0.25) is 0 Å². The van der Waals surface area contributed by atoms with Gasteiger partial charge in [0.1, 0.15) is 10.4 Å². The SMILES string of the molecule is CC[C@H](C(=O)Nc1cccc2c(-c3nc(Nc4cccc(S(C)(=O)=O)c4F)ncc3C)[nH]nc12)N1CC2(C1)CS(=O)(=O)C2. The minimum atomic E-state index is -3.78. The molecule has 0 saturated carbocycles. The van der Waals surface area contributed by atoms with Crippen molar-refractivity contribution in [1.82, 2.24) is 25.1 Å². The van der Waals surface area contributed by atoms with Gasteiger partial charge in [0.25, 0.3) is 0 Å². The van der Waals surface area contributed by atoms with E-state index in [0.29, 0.717) is 53.1 Å². The molecule has 1 atom stereocenters. The molecule has 6 rings (SSSR count). The van der Waals surface area contributed by atoms with Gasteiger partial charge in [0, 0.05) is 36.3 Å². The molecule has 43 heavy (non-hydrogen) atoms. The van der Waals surface area contributed by atoms with Crippen LogP contribution in [0.1, 0.15) is 18.9 Å². The van der Waals surface area contributed by atoms with Crippen molar-refractivity contribution in [2.45, 2.75) is 31.2 Å². The Balaban J connectivity index is 1.24. The third kappa shape index (κ3) is 5.36. The lowest BCUT2D eigenvalue weighted by molar-refractivity contribution is -0.126. The number of nitrogens with zero attached hydrogens (tertiary/aromatic N) is 4. The largest absolute Gasteiger partial charge is 0.323 e. The molecule has 3 N–H and O–H groups in total. The number of aromatic nitrogens is 4. The fraction of sp³-hybridized carbons (Fsp3) is 0.357. The summed E-state index contributed by atoms with van der Waals surface area (Å²) in [7, 11) is -6.72. The molecule has 0 radical (unpaired) electrons. The molecule has 15 heteroatoms. The van der Waals surface area contributed by atoms with Crippen molar-refractivity contribution in [3.63, 3.8) is 0 Å². The Bertz CT molecular complexity index is 1980. The maximum Gasteiger partial charge on any atom is 0.241 e. The van der Waals surface area contributed by atoms with E-state index >= 15 is 0 Å². The van der Waals surface area contributed by atoms with Gasteiger partial charge in [-0.25, -0.2) is 31.2 Å². The number of hydrogen-bond acceptors (Lipinski definition) is 10. The Hall–Kier alpha value is -3.95. The molecule has 2 saturated heterocycles. The van der Waals surface area contributed by atoms with Crippen LogP contribution in [0, 0.1) is 18.2 Å². The first-order valence-electron chi connectivity index (χ1n) is 13.6. The lowest BCUT2D eigenvalue weighted by atomic mass is 9.81. The third-order valence-corrected chi connectivity index (χ3v) is 11.1. The Labute approximate surface area is 248 Å². The standard InChI is InChI=1S/C28H30FN7O5S2/c1-4-20(36-12-28(13-36)14-43(40,41)15-28)26(37)31-19-9-5-7-17-24(19)34-35-25(17)23-16(2)11-30-27(33-23)32-18-8-6-10-21(22(18)29)42(3,38)39/h5-11,20H,4,12-15H2,1-3H3,(H,31,37)(H,34,35)(H,30,32,33)/t20-/m1/s1. The second-order valence-electron chi connectivity index (χ2n) is 11.4. The summed E-state index contributed by atoms with van der Waals surface area (Å²) < 4.78 is 62.2. The number of carbonyl (C=O) groups excluding carboxylic acids is 1. The van der Waals surface area contributed by atoms with Crippen LogP contribution in [0.25, 0.3) is 22.3 Å². The maximum atomic E-state index is 14.9. The summed E-state index contributed by atoms with van der Waals surface area (Å²) in [5, 5.41) is 13.9. The van der Waals surface area contributed by atoms with E-state index in [2.05, 4.69) is 30.8 Å². The van der Waals surface area contributed by atoms with Crippen molar-refractivity contribution in [2.75, 3.05) is 41.5 Å². The van der Waals surface area contributed by atoms with Crippen LogP contribution < -0.4 is 10.6 Å². The number of aromatic amines is 1. The summed E-state index contributed by atoms with van der Waals surface area (Å²) >= 11 is 0. The van der Waals surface area contributed by atoms with Gasteiger partial charge in [-0.1, -0.05) is 25.1 Å². The summed E-state index contributed by atoms with van der Waals surface area (Å²) in [6.45, 7) is 4.90. The number of sulfone groups is 2. The highest BCUT2D eigenvalue weighted by atomic mass is 32.2. The summed E-state index contributed by atoms with van der Waals surface area (Å²) in [5.74, 6) is -0.703. The monoisotopic (exact) mass is 627 g/mol. The topological polar surface area (TPSA) is 167 Å². The number of amides is 1. The molecule has 2 aromatic heterocycles. The average molecular weight is 628 g/mol. The molecule has 1 spiro atoms. The highest BCUT2D eigenvalue weighted by molar-refractivity contribution is 7.92. The number of nitrogens with one attached hydrogen (secondary N) is 3. The number of hydrogen-bond donors (Lipinski definition) is 3. The van der Waals surface area contributed by atoms with Gasteiger partial charge in [-0.3, -0.25) is 14.8 Å². The zero-order valence-corrected chi connectivity index (χ0v) is 25.3. The summed E-state index contributed by atoms with van der Waals surface area (Å²) in [6.07, 6.45) is 3.06. The second-order valence-corrected chi connectivity index (χ2v) is 15.4. The highest BCUT2D eigenvalue weighted by Gasteiger charge is 2.57. The number of para-hydroxylation sites is 1. The van der Waals surface area contributed by atoms with Crippen molar-refractivity contribution >= 4 is 53.8 Å². The Morgan fingerprint density at radius 3 is 2.53 bits per heavy atom. The van der Waals surface area contributed by atoms with Gasteiger partial charge in [0.15, 0.2) is 25.5 Å². The molecule has 2 fully saturated rings. The minimum Gasteiger partial charge on any atom is -0.323 e. The number of carbonyl (C=O) groups is 1. The highest BCUT2D eigenvalue weighted by Crippen LogP contribution is 2.43. The first kappa shape index (κ1) is 29.1. The van der Waals surface area contributed by atoms with Crippen molar-refractivity contribution in [3.8, 4) is 11.4 Å². The molecule has 2 aliphatic rings. The normalized spacial score (nSPS) is 18.1. The molecule has 0 aliphatic carbocycles. The third-order valence-electron chi connectivity index (χ3n) is 7.92. The predicted octanol–water partition coefficient (Wildman–Crippen LogP) is 3.06. The van der Waals surface area contributed by atoms with Crippen molar-refractivity contribution in [1.29, 1.82) is 0 Å². The van der Waals surface area contributed by atoms with Crippen LogP contribution in [0.15, 0.2) is 47.5 Å². The van der Waals surface area contributed by atoms with E-state index in [4.69, 9.17) is 0 Å². The number of fused-ring (bicyclic) bond motifs is 1. The van der Waals surface area contributed by atoms with E-state index in [1.807, 2.05) is 17.9 Å². The quantitative estimate of drug-likeness (QED) is 0.264. The molecule has 226 valence electrons. The molecule has 4 heterocycles. The number of likely N-dealkylation sites (tertiary alicyclic amines) is 1. The van der Waals surface area contributed by atoms with Gasteiger partial charge in [0.2, 0.25) is 11.9 Å². The molecule has 4 aromatic rings. The number of benzene rings is 2. The molecule has 1 amide bonds. The smallest absolute Gasteiger partial charge is 0.241 e. The fourth-order valence-electron chi connectivity index (χ4n) is 6.02.